The molecule has 0 bridgehead atoms. The number of hydrogen-bond acceptors (Lipinski definition) is 4. The van der Waals surface area contributed by atoms with Crippen molar-refractivity contribution in [2.45, 2.75) is 24.6 Å². The van der Waals surface area contributed by atoms with Gasteiger partial charge in [-0.25, -0.2) is 0 Å². The molecule has 3 atom stereocenters. The molecule has 1 fully saturated rings. The van der Waals surface area contributed by atoms with Crippen molar-refractivity contribution in [2.24, 2.45) is 0 Å². The maximum atomic E-state index is 10.2. The average molecular weight is 242 g/mol. The van der Waals surface area contributed by atoms with E-state index in [9.17, 15) is 10.2 Å². The van der Waals surface area contributed by atoms with Crippen molar-refractivity contribution in [1.82, 2.24) is 4.90 Å². The summed E-state index contributed by atoms with van der Waals surface area (Å²) < 4.78 is 0. The Labute approximate surface area is 105 Å². The van der Waals surface area contributed by atoms with Crippen LogP contribution in [0.1, 0.15) is 17.0 Å². The summed E-state index contributed by atoms with van der Waals surface area (Å²) >= 11 is 0. The molecule has 1 saturated heterocycles. The first-order valence-electron chi connectivity index (χ1n) is 6.00. The van der Waals surface area contributed by atoms with E-state index in [1.807, 2.05) is 18.2 Å². The van der Waals surface area contributed by atoms with Crippen LogP contribution in [0.3, 0.4) is 0 Å². The van der Waals surface area contributed by atoms with Gasteiger partial charge in [0.2, 0.25) is 0 Å². The van der Waals surface area contributed by atoms with Crippen molar-refractivity contribution < 1.29 is 10.2 Å². The van der Waals surface area contributed by atoms with E-state index < -0.39 is 6.23 Å². The molecule has 18 heavy (non-hydrogen) atoms. The van der Waals surface area contributed by atoms with Crippen LogP contribution in [0.25, 0.3) is 0 Å². The van der Waals surface area contributed by atoms with Crippen molar-refractivity contribution in [1.29, 1.82) is 5.26 Å². The SMILES string of the molecule is N#CCN1C(O)/C(=C/O)C2c3ccccc3CC21. The van der Waals surface area contributed by atoms with Gasteiger partial charge in [0.1, 0.15) is 6.23 Å². The Morgan fingerprint density at radius 3 is 2.94 bits per heavy atom. The molecule has 1 aromatic carbocycles. The summed E-state index contributed by atoms with van der Waals surface area (Å²) in [6.45, 7) is 0.174. The van der Waals surface area contributed by atoms with Gasteiger partial charge in [0.25, 0.3) is 0 Å². The number of nitrogens with zero attached hydrogens (tertiary/aromatic N) is 2. The second-order valence-corrected chi connectivity index (χ2v) is 4.78. The molecule has 3 rings (SSSR count). The minimum absolute atomic E-state index is 0.00884. The van der Waals surface area contributed by atoms with Gasteiger partial charge in [0.05, 0.1) is 18.9 Å². The van der Waals surface area contributed by atoms with E-state index in [1.165, 1.54) is 5.56 Å². The lowest BCUT2D eigenvalue weighted by Gasteiger charge is -2.22. The number of likely N-dealkylation sites (tertiary alicyclic amines) is 1. The van der Waals surface area contributed by atoms with Crippen molar-refractivity contribution >= 4 is 0 Å². The number of hydrogen-bond donors (Lipinski definition) is 2. The minimum Gasteiger partial charge on any atom is -0.515 e. The van der Waals surface area contributed by atoms with Gasteiger partial charge in [0.15, 0.2) is 0 Å². The predicted molar refractivity (Wildman–Crippen MR) is 65.7 cm³/mol. The van der Waals surface area contributed by atoms with Crippen LogP contribution in [0.5, 0.6) is 0 Å². The quantitative estimate of drug-likeness (QED) is 0.575. The lowest BCUT2D eigenvalue weighted by molar-refractivity contribution is 0.0460. The molecule has 0 saturated carbocycles. The zero-order chi connectivity index (χ0) is 12.7. The molecule has 1 heterocycles. The normalized spacial score (nSPS) is 32.2. The lowest BCUT2D eigenvalue weighted by atomic mass is 9.94. The summed E-state index contributed by atoms with van der Waals surface area (Å²) in [7, 11) is 0. The Hall–Kier alpha value is -1.83. The van der Waals surface area contributed by atoms with Crippen LogP contribution in [0.4, 0.5) is 0 Å². The number of fused-ring (bicyclic) bond motifs is 3. The highest BCUT2D eigenvalue weighted by molar-refractivity contribution is 5.46. The van der Waals surface area contributed by atoms with Gasteiger partial charge in [-0.1, -0.05) is 24.3 Å². The van der Waals surface area contributed by atoms with Gasteiger partial charge in [0, 0.05) is 17.5 Å². The molecule has 1 aliphatic carbocycles. The Morgan fingerprint density at radius 2 is 2.22 bits per heavy atom. The van der Waals surface area contributed by atoms with Crippen molar-refractivity contribution in [3.05, 3.63) is 47.2 Å². The first-order valence-corrected chi connectivity index (χ1v) is 6.00. The molecule has 0 amide bonds. The fraction of sp³-hybridized carbons (Fsp3) is 0.357. The summed E-state index contributed by atoms with van der Waals surface area (Å²) in [5.74, 6) is 0.00884. The third kappa shape index (κ3) is 1.38. The van der Waals surface area contributed by atoms with Gasteiger partial charge in [-0.05, 0) is 17.5 Å². The molecule has 0 radical (unpaired) electrons. The van der Waals surface area contributed by atoms with E-state index in [0.717, 1.165) is 18.2 Å². The van der Waals surface area contributed by atoms with Crippen LogP contribution < -0.4 is 0 Å². The maximum absolute atomic E-state index is 10.2. The van der Waals surface area contributed by atoms with Crippen molar-refractivity contribution in [3.63, 3.8) is 0 Å². The molecular weight excluding hydrogens is 228 g/mol. The van der Waals surface area contributed by atoms with Gasteiger partial charge in [-0.15, -0.1) is 0 Å². The second-order valence-electron chi connectivity index (χ2n) is 4.78. The smallest absolute Gasteiger partial charge is 0.134 e. The third-order valence-corrected chi connectivity index (χ3v) is 4.00. The number of rotatable bonds is 1. The first kappa shape index (κ1) is 11.3. The van der Waals surface area contributed by atoms with Crippen LogP contribution in [0.15, 0.2) is 36.1 Å². The molecule has 2 N–H and O–H groups in total. The number of nitriles is 1. The Balaban J connectivity index is 2.06. The molecule has 2 aliphatic rings. The maximum Gasteiger partial charge on any atom is 0.134 e. The van der Waals surface area contributed by atoms with Crippen LogP contribution in [-0.2, 0) is 6.42 Å². The fourth-order valence-corrected chi connectivity index (χ4v) is 3.25. The van der Waals surface area contributed by atoms with Crippen molar-refractivity contribution in [3.8, 4) is 6.07 Å². The molecule has 1 aromatic rings. The van der Waals surface area contributed by atoms with Gasteiger partial charge in [-0.3, -0.25) is 4.90 Å². The second kappa shape index (κ2) is 4.13. The molecule has 4 heteroatoms. The highest BCUT2D eigenvalue weighted by atomic mass is 16.3. The zero-order valence-electron chi connectivity index (χ0n) is 9.82. The molecule has 1 aliphatic heterocycles. The summed E-state index contributed by atoms with van der Waals surface area (Å²) in [6.07, 6.45) is 0.969. The lowest BCUT2D eigenvalue weighted by Crippen LogP contribution is -2.37. The van der Waals surface area contributed by atoms with Gasteiger partial charge < -0.3 is 10.2 Å². The highest BCUT2D eigenvalue weighted by Gasteiger charge is 2.49. The molecule has 92 valence electrons. The first-order chi connectivity index (χ1) is 8.77. The van der Waals surface area contributed by atoms with E-state index in [4.69, 9.17) is 5.26 Å². The van der Waals surface area contributed by atoms with Gasteiger partial charge >= 0.3 is 0 Å². The number of benzene rings is 1. The number of aliphatic hydroxyl groups excluding tert-OH is 2. The molecule has 0 aromatic heterocycles. The summed E-state index contributed by atoms with van der Waals surface area (Å²) in [5, 5.41) is 28.4. The molecule has 3 unspecified atom stereocenters. The summed E-state index contributed by atoms with van der Waals surface area (Å²) in [4.78, 5) is 1.76. The van der Waals surface area contributed by atoms with Crippen molar-refractivity contribution in [2.75, 3.05) is 6.54 Å². The largest absolute Gasteiger partial charge is 0.515 e. The van der Waals surface area contributed by atoms with Crippen LogP contribution in [-0.4, -0.2) is 33.9 Å². The summed E-state index contributed by atoms with van der Waals surface area (Å²) in [5.41, 5.74) is 2.99. The van der Waals surface area contributed by atoms with Crippen LogP contribution >= 0.6 is 0 Å². The van der Waals surface area contributed by atoms with Gasteiger partial charge in [-0.2, -0.15) is 5.26 Å². The molecular formula is C14H14N2O2. The molecule has 0 spiro atoms. The fourth-order valence-electron chi connectivity index (χ4n) is 3.25. The van der Waals surface area contributed by atoms with E-state index in [-0.39, 0.29) is 18.5 Å². The number of aliphatic hydroxyl groups is 2. The predicted octanol–water partition coefficient (Wildman–Crippen LogP) is 1.29. The van der Waals surface area contributed by atoms with E-state index >= 15 is 0 Å². The summed E-state index contributed by atoms with van der Waals surface area (Å²) in [6, 6.07) is 10.2. The van der Waals surface area contributed by atoms with Crippen LogP contribution in [0.2, 0.25) is 0 Å². The monoisotopic (exact) mass is 242 g/mol. The average Bonchev–Trinajstić information content (AvgIpc) is 2.87. The Kier molecular flexibility index (Phi) is 2.58. The molecule has 4 nitrogen and oxygen atoms in total. The Morgan fingerprint density at radius 1 is 1.44 bits per heavy atom. The standard InChI is InChI=1S/C14H14N2O2/c15-5-6-16-12-7-9-3-1-2-4-10(9)13(12)11(8-17)14(16)18/h1-4,8,12-14,17-18H,6-7H2/b11-8+. The zero-order valence-corrected chi connectivity index (χ0v) is 9.82. The van der Waals surface area contributed by atoms with E-state index in [2.05, 4.69) is 12.1 Å². The van der Waals surface area contributed by atoms with E-state index in [0.29, 0.717) is 5.57 Å². The minimum atomic E-state index is -0.849. The highest BCUT2D eigenvalue weighted by Crippen LogP contribution is 2.47. The topological polar surface area (TPSA) is 67.5 Å². The van der Waals surface area contributed by atoms with Crippen LogP contribution in [0, 0.1) is 11.3 Å². The van der Waals surface area contributed by atoms with E-state index in [1.54, 1.807) is 4.90 Å². The third-order valence-electron chi connectivity index (χ3n) is 4.00. The Bertz CT molecular complexity index is 547.